The molecule has 96 valence electrons. The van der Waals surface area contributed by atoms with Gasteiger partial charge in [0.25, 0.3) is 0 Å². The van der Waals surface area contributed by atoms with Crippen LogP contribution in [0.4, 0.5) is 0 Å². The Bertz CT molecular complexity index is 471. The van der Waals surface area contributed by atoms with E-state index in [2.05, 4.69) is 10.0 Å². The summed E-state index contributed by atoms with van der Waals surface area (Å²) in [5.74, 6) is -0.212. The molecule has 2 unspecified atom stereocenters. The average Bonchev–Trinajstić information content (AvgIpc) is 2.38. The Morgan fingerprint density at radius 1 is 1.44 bits per heavy atom. The zero-order chi connectivity index (χ0) is 13.5. The Morgan fingerprint density at radius 3 is 2.78 bits per heavy atom. The number of phenolic OH excluding ortho intramolecular Hbond substituents is 1. The number of hydrogen-bond acceptors (Lipinski definition) is 5. The summed E-state index contributed by atoms with van der Waals surface area (Å²) < 4.78 is 0. The minimum absolute atomic E-state index is 0.0306. The summed E-state index contributed by atoms with van der Waals surface area (Å²) in [4.78, 5) is 13.1. The molecule has 0 aliphatic heterocycles. The summed E-state index contributed by atoms with van der Waals surface area (Å²) in [5.41, 5.74) is 8.43. The van der Waals surface area contributed by atoms with Crippen molar-refractivity contribution in [2.24, 2.45) is 5.11 Å². The molecule has 3 N–H and O–H groups in total. The van der Waals surface area contributed by atoms with E-state index in [1.165, 1.54) is 18.2 Å². The van der Waals surface area contributed by atoms with Gasteiger partial charge >= 0.3 is 0 Å². The van der Waals surface area contributed by atoms with Crippen LogP contribution in [0, 0.1) is 0 Å². The zero-order valence-corrected chi connectivity index (χ0v) is 9.47. The van der Waals surface area contributed by atoms with Gasteiger partial charge in [-0.3, -0.25) is 4.79 Å². The Kier molecular flexibility index (Phi) is 5.13. The monoisotopic (exact) mass is 251 g/mol. The Balaban J connectivity index is 2.84. The van der Waals surface area contributed by atoms with Gasteiger partial charge in [0, 0.05) is 22.6 Å². The second-order valence-electron chi connectivity index (χ2n) is 3.69. The molecule has 7 nitrogen and oxygen atoms in total. The van der Waals surface area contributed by atoms with Crippen molar-refractivity contribution < 1.29 is 20.1 Å². The molecular formula is C11H13N3O4. The fourth-order valence-corrected chi connectivity index (χ4v) is 1.48. The maximum atomic E-state index is 10.6. The lowest BCUT2D eigenvalue weighted by Crippen LogP contribution is -2.19. The number of aliphatic hydroxyl groups excluding tert-OH is 2. The van der Waals surface area contributed by atoms with Gasteiger partial charge in [-0.2, -0.15) is 0 Å². The molecule has 7 heteroatoms. The number of aromatic hydroxyl groups is 1. The third-order valence-electron chi connectivity index (χ3n) is 2.46. The predicted molar refractivity (Wildman–Crippen MR) is 63.1 cm³/mol. The predicted octanol–water partition coefficient (Wildman–Crippen LogP) is 1.30. The van der Waals surface area contributed by atoms with Gasteiger partial charge in [-0.1, -0.05) is 5.11 Å². The third kappa shape index (κ3) is 3.46. The highest BCUT2D eigenvalue weighted by Crippen LogP contribution is 2.28. The number of hydrogen-bond donors (Lipinski definition) is 3. The van der Waals surface area contributed by atoms with E-state index in [0.717, 1.165) is 0 Å². The lowest BCUT2D eigenvalue weighted by atomic mass is 9.99. The smallest absolute Gasteiger partial charge is 0.150 e. The van der Waals surface area contributed by atoms with Crippen LogP contribution >= 0.6 is 0 Å². The van der Waals surface area contributed by atoms with Crippen molar-refractivity contribution in [3.8, 4) is 5.75 Å². The summed E-state index contributed by atoms with van der Waals surface area (Å²) in [6.07, 6.45) is -1.92. The molecule has 0 radical (unpaired) electrons. The quantitative estimate of drug-likeness (QED) is 0.304. The van der Waals surface area contributed by atoms with Crippen LogP contribution in [0.2, 0.25) is 0 Å². The van der Waals surface area contributed by atoms with Gasteiger partial charge < -0.3 is 15.3 Å². The fourth-order valence-electron chi connectivity index (χ4n) is 1.48. The molecule has 0 aliphatic carbocycles. The fraction of sp³-hybridized carbons (Fsp3) is 0.364. The first-order valence-corrected chi connectivity index (χ1v) is 5.25. The SMILES string of the molecule is [N-]=[N+]=NCCC(O)C(O)c1cc(C=O)ccc1O. The standard InChI is InChI=1S/C11H13N3O4/c12-14-13-4-3-10(17)11(18)8-5-7(6-15)1-2-9(8)16/h1-2,5-6,10-11,16-18H,3-4H2. The van der Waals surface area contributed by atoms with E-state index >= 15 is 0 Å². The van der Waals surface area contributed by atoms with Crippen LogP contribution in [-0.2, 0) is 0 Å². The van der Waals surface area contributed by atoms with Crippen molar-refractivity contribution in [3.05, 3.63) is 39.8 Å². The Morgan fingerprint density at radius 2 is 2.17 bits per heavy atom. The second-order valence-corrected chi connectivity index (χ2v) is 3.69. The molecule has 0 heterocycles. The number of rotatable bonds is 6. The Hall–Kier alpha value is -2.08. The van der Waals surface area contributed by atoms with E-state index in [-0.39, 0.29) is 29.8 Å². The first-order valence-electron chi connectivity index (χ1n) is 5.25. The molecule has 0 spiro atoms. The molecule has 1 aromatic carbocycles. The van der Waals surface area contributed by atoms with Crippen LogP contribution in [0.1, 0.15) is 28.4 Å². The molecule has 0 saturated carbocycles. The maximum Gasteiger partial charge on any atom is 0.150 e. The maximum absolute atomic E-state index is 10.6. The van der Waals surface area contributed by atoms with E-state index < -0.39 is 12.2 Å². The van der Waals surface area contributed by atoms with Gasteiger partial charge in [0.05, 0.1) is 6.10 Å². The van der Waals surface area contributed by atoms with Crippen molar-refractivity contribution in [2.45, 2.75) is 18.6 Å². The van der Waals surface area contributed by atoms with Gasteiger partial charge in [0.15, 0.2) is 0 Å². The van der Waals surface area contributed by atoms with Gasteiger partial charge in [-0.05, 0) is 30.2 Å². The van der Waals surface area contributed by atoms with Crippen LogP contribution in [0.3, 0.4) is 0 Å². The van der Waals surface area contributed by atoms with E-state index in [9.17, 15) is 20.1 Å². The molecule has 1 aromatic rings. The van der Waals surface area contributed by atoms with E-state index in [1.807, 2.05) is 0 Å². The first-order chi connectivity index (χ1) is 8.60. The number of benzene rings is 1. The topological polar surface area (TPSA) is 127 Å². The molecule has 2 atom stereocenters. The number of carbonyl (C=O) groups is 1. The van der Waals surface area contributed by atoms with Crippen molar-refractivity contribution >= 4 is 6.29 Å². The van der Waals surface area contributed by atoms with Gasteiger partial charge in [-0.25, -0.2) is 0 Å². The lowest BCUT2D eigenvalue weighted by Gasteiger charge is -2.18. The second kappa shape index (κ2) is 6.61. The summed E-state index contributed by atoms with van der Waals surface area (Å²) >= 11 is 0. The van der Waals surface area contributed by atoms with Gasteiger partial charge in [-0.15, -0.1) is 0 Å². The van der Waals surface area contributed by atoms with E-state index in [0.29, 0.717) is 6.29 Å². The van der Waals surface area contributed by atoms with Gasteiger partial charge in [0.2, 0.25) is 0 Å². The summed E-state index contributed by atoms with van der Waals surface area (Å²) in [6, 6.07) is 3.96. The highest BCUT2D eigenvalue weighted by molar-refractivity contribution is 5.75. The molecular weight excluding hydrogens is 238 g/mol. The highest BCUT2D eigenvalue weighted by Gasteiger charge is 2.21. The zero-order valence-electron chi connectivity index (χ0n) is 9.47. The van der Waals surface area contributed by atoms with Crippen molar-refractivity contribution in [1.82, 2.24) is 0 Å². The van der Waals surface area contributed by atoms with E-state index in [4.69, 9.17) is 5.53 Å². The van der Waals surface area contributed by atoms with Crippen molar-refractivity contribution in [1.29, 1.82) is 0 Å². The summed E-state index contributed by atoms with van der Waals surface area (Å²) in [6.45, 7) is 0.0306. The molecule has 0 saturated heterocycles. The van der Waals surface area contributed by atoms with Crippen LogP contribution < -0.4 is 0 Å². The first kappa shape index (κ1) is 14.0. The van der Waals surface area contributed by atoms with Crippen LogP contribution in [0.15, 0.2) is 23.3 Å². The average molecular weight is 251 g/mol. The molecule has 0 aromatic heterocycles. The summed E-state index contributed by atoms with van der Waals surface area (Å²) in [7, 11) is 0. The number of aliphatic hydroxyl groups is 2. The van der Waals surface area contributed by atoms with Crippen molar-refractivity contribution in [3.63, 3.8) is 0 Å². The van der Waals surface area contributed by atoms with E-state index in [1.54, 1.807) is 0 Å². The molecule has 0 amide bonds. The van der Waals surface area contributed by atoms with Crippen molar-refractivity contribution in [2.75, 3.05) is 6.54 Å². The van der Waals surface area contributed by atoms with Crippen LogP contribution in [-0.4, -0.2) is 34.3 Å². The molecule has 18 heavy (non-hydrogen) atoms. The molecule has 1 rings (SSSR count). The number of nitrogens with zero attached hydrogens (tertiary/aromatic N) is 3. The lowest BCUT2D eigenvalue weighted by molar-refractivity contribution is 0.0137. The normalized spacial score (nSPS) is 13.4. The summed E-state index contributed by atoms with van der Waals surface area (Å²) in [5, 5.41) is 32.3. The largest absolute Gasteiger partial charge is 0.508 e. The molecule has 0 bridgehead atoms. The third-order valence-corrected chi connectivity index (χ3v) is 2.46. The molecule has 0 aliphatic rings. The number of carbonyl (C=O) groups excluding carboxylic acids is 1. The van der Waals surface area contributed by atoms with Gasteiger partial charge in [0.1, 0.15) is 18.1 Å². The minimum atomic E-state index is -1.35. The number of azide groups is 1. The Labute approximate surface area is 103 Å². The minimum Gasteiger partial charge on any atom is -0.508 e. The number of phenols is 1. The van der Waals surface area contributed by atoms with Crippen LogP contribution in [0.25, 0.3) is 10.4 Å². The number of aldehydes is 1. The molecule has 0 fully saturated rings. The highest BCUT2D eigenvalue weighted by atomic mass is 16.3. The van der Waals surface area contributed by atoms with Crippen LogP contribution in [0.5, 0.6) is 5.75 Å².